The van der Waals surface area contributed by atoms with Crippen LogP contribution in [0.1, 0.15) is 32.6 Å². The Morgan fingerprint density at radius 2 is 1.63 bits per heavy atom. The van der Waals surface area contributed by atoms with Crippen LogP contribution in [0.5, 0.6) is 17.2 Å². The lowest BCUT2D eigenvalue weighted by Crippen LogP contribution is -2.20. The number of halogens is 1. The van der Waals surface area contributed by atoms with Crippen LogP contribution in [0.2, 0.25) is 5.02 Å². The molecule has 0 aliphatic carbocycles. The van der Waals surface area contributed by atoms with E-state index in [0.29, 0.717) is 39.9 Å². The molecule has 0 saturated heterocycles. The normalized spacial score (nSPS) is 10.7. The van der Waals surface area contributed by atoms with Gasteiger partial charge in [-0.05, 0) is 91.2 Å². The molecule has 0 heterocycles. The predicted molar refractivity (Wildman–Crippen MR) is 160 cm³/mol. The summed E-state index contributed by atoms with van der Waals surface area (Å²) in [6.07, 6.45) is 1.49. The Hall–Kier alpha value is -4.82. The lowest BCUT2D eigenvalue weighted by molar-refractivity contribution is -0.118. The van der Waals surface area contributed by atoms with E-state index in [4.69, 9.17) is 25.8 Å². The van der Waals surface area contributed by atoms with E-state index in [2.05, 4.69) is 15.8 Å². The fourth-order valence-corrected chi connectivity index (χ4v) is 3.83. The Labute approximate surface area is 243 Å². The van der Waals surface area contributed by atoms with Gasteiger partial charge in [-0.25, -0.2) is 5.43 Å². The van der Waals surface area contributed by atoms with Gasteiger partial charge in [0.05, 0.1) is 13.3 Å². The monoisotopic (exact) mass is 571 g/mol. The molecule has 0 bridgehead atoms. The van der Waals surface area contributed by atoms with Crippen molar-refractivity contribution in [3.63, 3.8) is 0 Å². The third kappa shape index (κ3) is 8.58. The van der Waals surface area contributed by atoms with Gasteiger partial charge in [-0.2, -0.15) is 5.10 Å². The van der Waals surface area contributed by atoms with Crippen LogP contribution in [0.4, 0.5) is 5.69 Å². The minimum absolute atomic E-state index is 0.181. The number of anilines is 1. The summed E-state index contributed by atoms with van der Waals surface area (Å²) < 4.78 is 16.8. The highest BCUT2D eigenvalue weighted by Crippen LogP contribution is 2.27. The van der Waals surface area contributed by atoms with E-state index in [1.807, 2.05) is 62.4 Å². The zero-order chi connectivity index (χ0) is 29.2. The zero-order valence-corrected chi connectivity index (χ0v) is 23.7. The number of hydrogen-bond donors (Lipinski definition) is 2. The first-order chi connectivity index (χ1) is 19.8. The van der Waals surface area contributed by atoms with Gasteiger partial charge in [-0.3, -0.25) is 9.59 Å². The van der Waals surface area contributed by atoms with Gasteiger partial charge in [0.1, 0.15) is 12.4 Å². The fourth-order valence-electron chi connectivity index (χ4n) is 3.72. The van der Waals surface area contributed by atoms with Gasteiger partial charge >= 0.3 is 0 Å². The summed E-state index contributed by atoms with van der Waals surface area (Å²) in [5.41, 5.74) is 7.30. The van der Waals surface area contributed by atoms with Gasteiger partial charge in [-0.15, -0.1) is 0 Å². The first kappa shape index (κ1) is 29.2. The summed E-state index contributed by atoms with van der Waals surface area (Å²) in [6.45, 7) is 4.08. The summed E-state index contributed by atoms with van der Waals surface area (Å²) >= 11 is 6.05. The number of nitrogens with zero attached hydrogens (tertiary/aromatic N) is 1. The van der Waals surface area contributed by atoms with Crippen LogP contribution in [0, 0.1) is 13.8 Å². The second kappa shape index (κ2) is 14.0. The van der Waals surface area contributed by atoms with Crippen molar-refractivity contribution < 1.29 is 23.8 Å². The highest BCUT2D eigenvalue weighted by molar-refractivity contribution is 6.31. The first-order valence-corrected chi connectivity index (χ1v) is 13.2. The van der Waals surface area contributed by atoms with Crippen LogP contribution < -0.4 is 25.0 Å². The van der Waals surface area contributed by atoms with E-state index in [1.165, 1.54) is 13.3 Å². The van der Waals surface area contributed by atoms with Gasteiger partial charge in [0.25, 0.3) is 11.8 Å². The average molecular weight is 572 g/mol. The summed E-state index contributed by atoms with van der Waals surface area (Å²) in [5, 5.41) is 7.52. The van der Waals surface area contributed by atoms with Crippen molar-refractivity contribution in [3.8, 4) is 17.2 Å². The Bertz CT molecular complexity index is 1540. The molecule has 4 aromatic carbocycles. The highest BCUT2D eigenvalue weighted by Gasteiger charge is 2.10. The van der Waals surface area contributed by atoms with Crippen LogP contribution in [0.15, 0.2) is 90.0 Å². The van der Waals surface area contributed by atoms with E-state index in [1.54, 1.807) is 36.4 Å². The molecule has 0 atom stereocenters. The molecule has 4 aromatic rings. The summed E-state index contributed by atoms with van der Waals surface area (Å²) in [4.78, 5) is 24.8. The molecule has 41 heavy (non-hydrogen) atoms. The number of hydrogen-bond acceptors (Lipinski definition) is 6. The van der Waals surface area contributed by atoms with Crippen molar-refractivity contribution in [1.82, 2.24) is 5.43 Å². The standard InChI is InChI=1S/C32H30ClN3O5/c1-21-4-11-26(12-5-21)35-31(37)20-41-29-15-8-24(17-30(29)39-3)18-34-36-32(38)25-9-6-23(7-10-25)19-40-27-13-14-28(33)22(2)16-27/h4-18H,19-20H2,1-3H3,(H,35,37)(H,36,38)/b34-18-. The van der Waals surface area contributed by atoms with Crippen LogP contribution in [-0.4, -0.2) is 31.7 Å². The summed E-state index contributed by atoms with van der Waals surface area (Å²) in [5.74, 6) is 0.913. The van der Waals surface area contributed by atoms with E-state index in [-0.39, 0.29) is 18.4 Å². The molecule has 0 radical (unpaired) electrons. The Morgan fingerprint density at radius 3 is 2.34 bits per heavy atom. The van der Waals surface area contributed by atoms with Crippen LogP contribution >= 0.6 is 11.6 Å². The fraction of sp³-hybridized carbons (Fsp3) is 0.156. The molecule has 2 N–H and O–H groups in total. The molecule has 0 unspecified atom stereocenters. The van der Waals surface area contributed by atoms with E-state index in [9.17, 15) is 9.59 Å². The molecule has 8 nitrogen and oxygen atoms in total. The molecule has 210 valence electrons. The SMILES string of the molecule is COc1cc(/C=N\NC(=O)c2ccc(COc3ccc(Cl)c(C)c3)cc2)ccc1OCC(=O)Nc1ccc(C)cc1. The number of aryl methyl sites for hydroxylation is 2. The lowest BCUT2D eigenvalue weighted by atomic mass is 10.1. The van der Waals surface area contributed by atoms with E-state index >= 15 is 0 Å². The molecule has 0 aromatic heterocycles. The third-order valence-corrected chi connectivity index (χ3v) is 6.44. The molecular formula is C32H30ClN3O5. The Kier molecular flexibility index (Phi) is 9.96. The number of rotatable bonds is 11. The van der Waals surface area contributed by atoms with Crippen molar-refractivity contribution in [2.24, 2.45) is 5.10 Å². The molecule has 2 amide bonds. The highest BCUT2D eigenvalue weighted by atomic mass is 35.5. The van der Waals surface area contributed by atoms with Crippen LogP contribution in [-0.2, 0) is 11.4 Å². The molecular weight excluding hydrogens is 542 g/mol. The Morgan fingerprint density at radius 1 is 0.878 bits per heavy atom. The second-order valence-electron chi connectivity index (χ2n) is 9.21. The van der Waals surface area contributed by atoms with E-state index in [0.717, 1.165) is 22.4 Å². The van der Waals surface area contributed by atoms with Gasteiger partial charge in [0.2, 0.25) is 0 Å². The number of benzene rings is 4. The average Bonchev–Trinajstić information content (AvgIpc) is 2.98. The van der Waals surface area contributed by atoms with Gasteiger partial charge in [0, 0.05) is 16.3 Å². The molecule has 0 aliphatic heterocycles. The maximum Gasteiger partial charge on any atom is 0.271 e. The molecule has 0 aliphatic rings. The number of methoxy groups -OCH3 is 1. The number of carbonyl (C=O) groups is 2. The zero-order valence-electron chi connectivity index (χ0n) is 22.9. The van der Waals surface area contributed by atoms with Crippen LogP contribution in [0.3, 0.4) is 0 Å². The molecule has 4 rings (SSSR count). The third-order valence-electron chi connectivity index (χ3n) is 6.01. The number of nitrogens with one attached hydrogen (secondary N) is 2. The largest absolute Gasteiger partial charge is 0.493 e. The quantitative estimate of drug-likeness (QED) is 0.162. The molecule has 0 saturated carbocycles. The van der Waals surface area contributed by atoms with Crippen molar-refractivity contribution in [1.29, 1.82) is 0 Å². The van der Waals surface area contributed by atoms with Crippen molar-refractivity contribution >= 4 is 35.3 Å². The Balaban J connectivity index is 1.26. The summed E-state index contributed by atoms with van der Waals surface area (Å²) in [7, 11) is 1.50. The topological polar surface area (TPSA) is 98.2 Å². The number of hydrazone groups is 1. The van der Waals surface area contributed by atoms with Crippen LogP contribution in [0.25, 0.3) is 0 Å². The maximum absolute atomic E-state index is 12.5. The molecule has 0 spiro atoms. The van der Waals surface area contributed by atoms with Gasteiger partial charge < -0.3 is 19.5 Å². The maximum atomic E-state index is 12.5. The van der Waals surface area contributed by atoms with Gasteiger partial charge in [0.15, 0.2) is 18.1 Å². The van der Waals surface area contributed by atoms with Gasteiger partial charge in [-0.1, -0.05) is 41.4 Å². The lowest BCUT2D eigenvalue weighted by Gasteiger charge is -2.11. The van der Waals surface area contributed by atoms with Crippen molar-refractivity contribution in [3.05, 3.63) is 118 Å². The first-order valence-electron chi connectivity index (χ1n) is 12.8. The van der Waals surface area contributed by atoms with E-state index < -0.39 is 0 Å². The molecule has 9 heteroatoms. The molecule has 0 fully saturated rings. The number of amides is 2. The minimum atomic E-state index is -0.353. The smallest absolute Gasteiger partial charge is 0.271 e. The number of carbonyl (C=O) groups excluding carboxylic acids is 2. The van der Waals surface area contributed by atoms with Crippen molar-refractivity contribution in [2.45, 2.75) is 20.5 Å². The summed E-state index contributed by atoms with van der Waals surface area (Å²) in [6, 6.07) is 25.2. The predicted octanol–water partition coefficient (Wildman–Crippen LogP) is 6.33. The number of ether oxygens (including phenoxy) is 3. The minimum Gasteiger partial charge on any atom is -0.493 e. The van der Waals surface area contributed by atoms with Crippen molar-refractivity contribution in [2.75, 3.05) is 19.0 Å². The second-order valence-corrected chi connectivity index (χ2v) is 9.62.